The van der Waals surface area contributed by atoms with E-state index >= 15 is 0 Å². The minimum absolute atomic E-state index is 0.0499. The summed E-state index contributed by atoms with van der Waals surface area (Å²) in [6, 6.07) is 15.1. The molecule has 0 heterocycles. The van der Waals surface area contributed by atoms with Gasteiger partial charge in [-0.3, -0.25) is 9.59 Å². The molecule has 0 aromatic heterocycles. The average Bonchev–Trinajstić information content (AvgIpc) is 2.65. The highest BCUT2D eigenvalue weighted by Gasteiger charge is 2.28. The summed E-state index contributed by atoms with van der Waals surface area (Å²) in [4.78, 5) is 28.6. The third kappa shape index (κ3) is 8.04. The van der Waals surface area contributed by atoms with Crippen LogP contribution in [0.3, 0.4) is 0 Å². The zero-order valence-corrected chi connectivity index (χ0v) is 19.9. The van der Waals surface area contributed by atoms with Crippen molar-refractivity contribution >= 4 is 35.2 Å². The minimum Gasteiger partial charge on any atom is -0.350 e. The van der Waals surface area contributed by atoms with Gasteiger partial charge in [-0.1, -0.05) is 41.4 Å². The first-order valence-electron chi connectivity index (χ1n) is 10.1. The molecule has 1 atom stereocenters. The highest BCUT2D eigenvalue weighted by molar-refractivity contribution is 7.99. The van der Waals surface area contributed by atoms with Crippen LogP contribution in [0.4, 0.5) is 0 Å². The van der Waals surface area contributed by atoms with Crippen molar-refractivity contribution in [3.63, 3.8) is 0 Å². The Balaban J connectivity index is 2.09. The van der Waals surface area contributed by atoms with Gasteiger partial charge in [0.05, 0.1) is 0 Å². The van der Waals surface area contributed by atoms with Gasteiger partial charge in [-0.25, -0.2) is 0 Å². The number of thioether (sulfide) groups is 1. The van der Waals surface area contributed by atoms with E-state index in [2.05, 4.69) is 36.5 Å². The number of benzene rings is 2. The fourth-order valence-corrected chi connectivity index (χ4v) is 3.98. The van der Waals surface area contributed by atoms with E-state index in [9.17, 15) is 9.59 Å². The first-order valence-corrected chi connectivity index (χ1v) is 11.5. The Morgan fingerprint density at radius 1 is 1.13 bits per heavy atom. The standard InChI is InChI=1S/C24H31ClN2O2S/c1-17-9-11-21(12-10-17)30-14-13-22(28)27(16-19-7-6-8-20(25)15-19)18(2)23(29)26-24(3,4)5/h6-12,15,18H,13-14,16H2,1-5H3,(H,26,29)/t18-/m1/s1. The van der Waals surface area contributed by atoms with Crippen molar-refractivity contribution in [1.29, 1.82) is 0 Å². The molecule has 0 radical (unpaired) electrons. The zero-order chi connectivity index (χ0) is 22.3. The number of hydrogen-bond donors (Lipinski definition) is 1. The SMILES string of the molecule is Cc1ccc(SCCC(=O)N(Cc2cccc(Cl)c2)[C@H](C)C(=O)NC(C)(C)C)cc1. The maximum atomic E-state index is 13.1. The normalized spacial score (nSPS) is 12.3. The predicted molar refractivity (Wildman–Crippen MR) is 126 cm³/mol. The summed E-state index contributed by atoms with van der Waals surface area (Å²) in [7, 11) is 0. The summed E-state index contributed by atoms with van der Waals surface area (Å²) < 4.78 is 0. The fraction of sp³-hybridized carbons (Fsp3) is 0.417. The molecule has 0 aliphatic rings. The van der Waals surface area contributed by atoms with E-state index in [0.29, 0.717) is 23.7 Å². The molecule has 0 saturated carbocycles. The number of nitrogens with zero attached hydrogens (tertiary/aromatic N) is 1. The van der Waals surface area contributed by atoms with E-state index < -0.39 is 6.04 Å². The quantitative estimate of drug-likeness (QED) is 0.547. The van der Waals surface area contributed by atoms with E-state index in [1.807, 2.05) is 39.0 Å². The Labute approximate surface area is 189 Å². The molecule has 0 bridgehead atoms. The van der Waals surface area contributed by atoms with Crippen molar-refractivity contribution in [2.45, 2.75) is 64.1 Å². The van der Waals surface area contributed by atoms with Gasteiger partial charge in [0, 0.05) is 34.2 Å². The first kappa shape index (κ1) is 24.3. The van der Waals surface area contributed by atoms with E-state index in [1.54, 1.807) is 29.7 Å². The molecule has 4 nitrogen and oxygen atoms in total. The monoisotopic (exact) mass is 446 g/mol. The number of rotatable bonds is 8. The molecule has 0 aliphatic heterocycles. The molecule has 2 aromatic carbocycles. The van der Waals surface area contributed by atoms with Gasteiger partial charge in [0.15, 0.2) is 0 Å². The van der Waals surface area contributed by atoms with Crippen molar-refractivity contribution in [2.24, 2.45) is 0 Å². The number of hydrogen-bond acceptors (Lipinski definition) is 3. The molecule has 2 rings (SSSR count). The lowest BCUT2D eigenvalue weighted by Crippen LogP contribution is -2.52. The van der Waals surface area contributed by atoms with Crippen LogP contribution in [0, 0.1) is 6.92 Å². The Bertz CT molecular complexity index is 862. The average molecular weight is 447 g/mol. The predicted octanol–water partition coefficient (Wildman–Crippen LogP) is 5.46. The fourth-order valence-electron chi connectivity index (χ4n) is 2.92. The lowest BCUT2D eigenvalue weighted by molar-refractivity contribution is -0.140. The molecule has 0 aliphatic carbocycles. The maximum absolute atomic E-state index is 13.1. The Hall–Kier alpha value is -1.98. The largest absolute Gasteiger partial charge is 0.350 e. The molecule has 2 aromatic rings. The van der Waals surface area contributed by atoms with Crippen molar-refractivity contribution in [2.75, 3.05) is 5.75 Å². The smallest absolute Gasteiger partial charge is 0.242 e. The van der Waals surface area contributed by atoms with Gasteiger partial charge in [0.25, 0.3) is 0 Å². The summed E-state index contributed by atoms with van der Waals surface area (Å²) in [6.45, 7) is 9.95. The van der Waals surface area contributed by atoms with Gasteiger partial charge in [-0.15, -0.1) is 11.8 Å². The molecule has 162 valence electrons. The summed E-state index contributed by atoms with van der Waals surface area (Å²) in [5.74, 6) is 0.442. The van der Waals surface area contributed by atoms with Gasteiger partial charge in [-0.05, 0) is 64.4 Å². The number of amides is 2. The third-order valence-electron chi connectivity index (χ3n) is 4.51. The highest BCUT2D eigenvalue weighted by atomic mass is 35.5. The molecule has 6 heteroatoms. The molecule has 1 N–H and O–H groups in total. The highest BCUT2D eigenvalue weighted by Crippen LogP contribution is 2.21. The van der Waals surface area contributed by atoms with Gasteiger partial charge in [0.2, 0.25) is 11.8 Å². The van der Waals surface area contributed by atoms with E-state index in [1.165, 1.54) is 5.56 Å². The second-order valence-corrected chi connectivity index (χ2v) is 10.1. The molecule has 30 heavy (non-hydrogen) atoms. The first-order chi connectivity index (χ1) is 14.0. The summed E-state index contributed by atoms with van der Waals surface area (Å²) >= 11 is 7.76. The second-order valence-electron chi connectivity index (χ2n) is 8.48. The van der Waals surface area contributed by atoms with Crippen LogP contribution in [-0.2, 0) is 16.1 Å². The second kappa shape index (κ2) is 10.9. The van der Waals surface area contributed by atoms with Crippen LogP contribution in [0.1, 0.15) is 45.2 Å². The number of halogens is 1. The number of carbonyl (C=O) groups is 2. The number of aryl methyl sites for hydroxylation is 1. The van der Waals surface area contributed by atoms with Crippen LogP contribution in [-0.4, -0.2) is 34.0 Å². The molecular weight excluding hydrogens is 416 g/mol. The van der Waals surface area contributed by atoms with Gasteiger partial charge >= 0.3 is 0 Å². The molecule has 0 spiro atoms. The maximum Gasteiger partial charge on any atom is 0.242 e. The lowest BCUT2D eigenvalue weighted by atomic mass is 10.1. The van der Waals surface area contributed by atoms with Gasteiger partial charge in [0.1, 0.15) is 6.04 Å². The summed E-state index contributed by atoms with van der Waals surface area (Å²) in [5, 5.41) is 3.59. The van der Waals surface area contributed by atoms with Crippen LogP contribution in [0.5, 0.6) is 0 Å². The zero-order valence-electron chi connectivity index (χ0n) is 18.4. The van der Waals surface area contributed by atoms with Crippen molar-refractivity contribution in [3.05, 3.63) is 64.7 Å². The van der Waals surface area contributed by atoms with Crippen LogP contribution in [0.2, 0.25) is 5.02 Å². The van der Waals surface area contributed by atoms with Crippen LogP contribution < -0.4 is 5.32 Å². The Morgan fingerprint density at radius 2 is 1.80 bits per heavy atom. The van der Waals surface area contributed by atoms with E-state index in [4.69, 9.17) is 11.6 Å². The Kier molecular flexibility index (Phi) is 8.80. The summed E-state index contributed by atoms with van der Waals surface area (Å²) in [6.07, 6.45) is 0.353. The van der Waals surface area contributed by atoms with Crippen LogP contribution in [0.25, 0.3) is 0 Å². The summed E-state index contributed by atoms with van der Waals surface area (Å²) in [5.41, 5.74) is 1.75. The number of nitrogens with one attached hydrogen (secondary N) is 1. The van der Waals surface area contributed by atoms with Crippen molar-refractivity contribution in [3.8, 4) is 0 Å². The molecule has 0 fully saturated rings. The number of carbonyl (C=O) groups excluding carboxylic acids is 2. The van der Waals surface area contributed by atoms with Gasteiger partial charge < -0.3 is 10.2 Å². The molecule has 0 unspecified atom stereocenters. The lowest BCUT2D eigenvalue weighted by Gasteiger charge is -2.31. The molecular formula is C24H31ClN2O2S. The van der Waals surface area contributed by atoms with Crippen LogP contribution >= 0.6 is 23.4 Å². The topological polar surface area (TPSA) is 49.4 Å². The van der Waals surface area contributed by atoms with E-state index in [0.717, 1.165) is 10.5 Å². The Morgan fingerprint density at radius 3 is 2.40 bits per heavy atom. The third-order valence-corrected chi connectivity index (χ3v) is 5.76. The molecule has 2 amide bonds. The van der Waals surface area contributed by atoms with E-state index in [-0.39, 0.29) is 17.4 Å². The minimum atomic E-state index is -0.583. The van der Waals surface area contributed by atoms with Crippen molar-refractivity contribution in [1.82, 2.24) is 10.2 Å². The van der Waals surface area contributed by atoms with Crippen molar-refractivity contribution < 1.29 is 9.59 Å². The van der Waals surface area contributed by atoms with Gasteiger partial charge in [-0.2, -0.15) is 0 Å². The molecule has 0 saturated heterocycles. The van der Waals surface area contributed by atoms with Crippen LogP contribution in [0.15, 0.2) is 53.4 Å².